The number of carbonyl (C=O) groups is 2. The van der Waals surface area contributed by atoms with Gasteiger partial charge in [0, 0.05) is 17.3 Å². The van der Waals surface area contributed by atoms with E-state index < -0.39 is 0 Å². The molecule has 7 heteroatoms. The summed E-state index contributed by atoms with van der Waals surface area (Å²) in [6.07, 6.45) is 6.43. The molecule has 0 bridgehead atoms. The van der Waals surface area contributed by atoms with Gasteiger partial charge in [0.25, 0.3) is 0 Å². The zero-order chi connectivity index (χ0) is 19.8. The van der Waals surface area contributed by atoms with Crippen LogP contribution in [0.15, 0.2) is 30.0 Å². The highest BCUT2D eigenvalue weighted by atomic mass is 35.5. The van der Waals surface area contributed by atoms with Crippen LogP contribution < -0.4 is 10.1 Å². The lowest BCUT2D eigenvalue weighted by Crippen LogP contribution is -2.41. The summed E-state index contributed by atoms with van der Waals surface area (Å²) >= 11 is 5.98. The summed E-state index contributed by atoms with van der Waals surface area (Å²) in [6, 6.07) is 5.03. The van der Waals surface area contributed by atoms with Gasteiger partial charge < -0.3 is 15.0 Å². The van der Waals surface area contributed by atoms with Crippen molar-refractivity contribution in [3.63, 3.8) is 0 Å². The molecule has 1 N–H and O–H groups in total. The van der Waals surface area contributed by atoms with Crippen LogP contribution >= 0.6 is 11.6 Å². The molecule has 0 spiro atoms. The van der Waals surface area contributed by atoms with Crippen molar-refractivity contribution in [1.82, 2.24) is 9.80 Å². The van der Waals surface area contributed by atoms with Gasteiger partial charge >= 0.3 is 0 Å². The van der Waals surface area contributed by atoms with E-state index in [1.807, 2.05) is 11.8 Å². The van der Waals surface area contributed by atoms with E-state index in [0.29, 0.717) is 23.0 Å². The molecule has 6 nitrogen and oxygen atoms in total. The van der Waals surface area contributed by atoms with Crippen molar-refractivity contribution in [2.45, 2.75) is 32.6 Å². The van der Waals surface area contributed by atoms with Crippen LogP contribution in [0, 0.1) is 0 Å². The molecule has 0 aliphatic heterocycles. The normalized spacial score (nSPS) is 13.9. The van der Waals surface area contributed by atoms with E-state index in [0.717, 1.165) is 25.0 Å². The van der Waals surface area contributed by atoms with E-state index in [9.17, 15) is 9.59 Å². The number of rotatable bonds is 8. The van der Waals surface area contributed by atoms with Crippen LogP contribution in [0.5, 0.6) is 5.75 Å². The molecule has 0 fully saturated rings. The predicted octanol–water partition coefficient (Wildman–Crippen LogP) is 3.53. The highest BCUT2D eigenvalue weighted by molar-refractivity contribution is 6.31. The molecular weight excluding hydrogens is 366 g/mol. The van der Waals surface area contributed by atoms with Gasteiger partial charge in [-0.1, -0.05) is 17.7 Å². The van der Waals surface area contributed by atoms with E-state index in [1.54, 1.807) is 30.1 Å². The topological polar surface area (TPSA) is 61.9 Å². The number of allylic oxidation sites excluding steroid dienone is 2. The molecule has 27 heavy (non-hydrogen) atoms. The third kappa shape index (κ3) is 6.26. The number of methoxy groups -OCH3 is 1. The van der Waals surface area contributed by atoms with Gasteiger partial charge in [-0.05, 0) is 57.9 Å². The minimum atomic E-state index is -0.231. The standard InChI is InChI=1S/C20H28ClN3O3/c1-4-24(16-8-6-5-7-9-16)20(26)14-23(2)13-19(25)22-17-12-15(21)10-11-18(17)27-3/h8,10-12H,4-7,9,13-14H2,1-3H3,(H,22,25). The number of hydrogen-bond donors (Lipinski definition) is 1. The Morgan fingerprint density at radius 2 is 2.04 bits per heavy atom. The van der Waals surface area contributed by atoms with E-state index in [1.165, 1.54) is 13.5 Å². The van der Waals surface area contributed by atoms with Gasteiger partial charge in [0.1, 0.15) is 5.75 Å². The number of halogens is 1. The Hall–Kier alpha value is -2.05. The van der Waals surface area contributed by atoms with Crippen LogP contribution in [0.2, 0.25) is 5.02 Å². The Bertz CT molecular complexity index is 706. The number of likely N-dealkylation sites (N-methyl/N-ethyl adjacent to an activating group) is 2. The van der Waals surface area contributed by atoms with Crippen LogP contribution in [0.3, 0.4) is 0 Å². The third-order valence-corrected chi connectivity index (χ3v) is 4.72. The van der Waals surface area contributed by atoms with Crippen molar-refractivity contribution in [2.24, 2.45) is 0 Å². The average molecular weight is 394 g/mol. The van der Waals surface area contributed by atoms with Crippen LogP contribution in [0.25, 0.3) is 0 Å². The van der Waals surface area contributed by atoms with Gasteiger partial charge in [0.2, 0.25) is 11.8 Å². The maximum atomic E-state index is 12.6. The molecule has 0 atom stereocenters. The molecule has 1 aromatic rings. The first-order valence-electron chi connectivity index (χ1n) is 9.26. The van der Waals surface area contributed by atoms with E-state index in [2.05, 4.69) is 11.4 Å². The molecule has 0 unspecified atom stereocenters. The fourth-order valence-corrected chi connectivity index (χ4v) is 3.36. The fourth-order valence-electron chi connectivity index (χ4n) is 3.19. The van der Waals surface area contributed by atoms with Crippen molar-refractivity contribution < 1.29 is 14.3 Å². The average Bonchev–Trinajstić information content (AvgIpc) is 2.63. The summed E-state index contributed by atoms with van der Waals surface area (Å²) in [6.45, 7) is 2.90. The highest BCUT2D eigenvalue weighted by Gasteiger charge is 2.20. The van der Waals surface area contributed by atoms with Gasteiger partial charge in [-0.2, -0.15) is 0 Å². The summed E-state index contributed by atoms with van der Waals surface area (Å²) in [5.41, 5.74) is 1.62. The van der Waals surface area contributed by atoms with Gasteiger partial charge in [-0.15, -0.1) is 0 Å². The lowest BCUT2D eigenvalue weighted by Gasteiger charge is -2.28. The molecule has 2 rings (SSSR count). The molecule has 0 saturated carbocycles. The summed E-state index contributed by atoms with van der Waals surface area (Å²) in [4.78, 5) is 28.5. The van der Waals surface area contributed by atoms with Crippen LogP contribution in [0.4, 0.5) is 5.69 Å². The smallest absolute Gasteiger partial charge is 0.240 e. The second-order valence-corrected chi connectivity index (χ2v) is 7.08. The van der Waals surface area contributed by atoms with Crippen molar-refractivity contribution in [2.75, 3.05) is 39.1 Å². The van der Waals surface area contributed by atoms with Crippen molar-refractivity contribution >= 4 is 29.1 Å². The number of ether oxygens (including phenoxy) is 1. The van der Waals surface area contributed by atoms with Gasteiger partial charge in [-0.3, -0.25) is 14.5 Å². The number of amides is 2. The molecule has 1 aliphatic carbocycles. The summed E-state index contributed by atoms with van der Waals surface area (Å²) in [5.74, 6) is 0.319. The first-order valence-corrected chi connectivity index (χ1v) is 9.63. The van der Waals surface area contributed by atoms with E-state index in [-0.39, 0.29) is 24.9 Å². The van der Waals surface area contributed by atoms with Gasteiger partial charge in [-0.25, -0.2) is 0 Å². The lowest BCUT2D eigenvalue weighted by atomic mass is 10.0. The Morgan fingerprint density at radius 3 is 2.67 bits per heavy atom. The first-order chi connectivity index (χ1) is 12.9. The number of nitrogens with one attached hydrogen (secondary N) is 1. The lowest BCUT2D eigenvalue weighted by molar-refractivity contribution is -0.130. The molecule has 1 aromatic carbocycles. The Balaban J connectivity index is 1.91. The zero-order valence-corrected chi connectivity index (χ0v) is 17.0. The highest BCUT2D eigenvalue weighted by Crippen LogP contribution is 2.27. The van der Waals surface area contributed by atoms with E-state index >= 15 is 0 Å². The minimum Gasteiger partial charge on any atom is -0.495 e. The summed E-state index contributed by atoms with van der Waals surface area (Å²) in [5, 5.41) is 3.29. The first kappa shape index (κ1) is 21.3. The SMILES string of the molecule is CCN(C(=O)CN(C)CC(=O)Nc1cc(Cl)ccc1OC)C1=CCCCC1. The molecule has 2 amide bonds. The van der Waals surface area contributed by atoms with Crippen LogP contribution in [0.1, 0.15) is 32.6 Å². The number of benzene rings is 1. The maximum Gasteiger partial charge on any atom is 0.240 e. The number of anilines is 1. The number of nitrogens with zero attached hydrogens (tertiary/aromatic N) is 2. The fraction of sp³-hybridized carbons (Fsp3) is 0.500. The minimum absolute atomic E-state index is 0.0151. The van der Waals surface area contributed by atoms with Crippen molar-refractivity contribution in [3.05, 3.63) is 35.0 Å². The Morgan fingerprint density at radius 1 is 1.26 bits per heavy atom. The second-order valence-electron chi connectivity index (χ2n) is 6.64. The zero-order valence-electron chi connectivity index (χ0n) is 16.3. The predicted molar refractivity (Wildman–Crippen MR) is 108 cm³/mol. The number of hydrogen-bond acceptors (Lipinski definition) is 4. The molecular formula is C20H28ClN3O3. The monoisotopic (exact) mass is 393 g/mol. The van der Waals surface area contributed by atoms with Crippen molar-refractivity contribution in [1.29, 1.82) is 0 Å². The summed E-state index contributed by atoms with van der Waals surface area (Å²) in [7, 11) is 3.29. The molecule has 0 aromatic heterocycles. The molecule has 0 saturated heterocycles. The molecule has 1 aliphatic rings. The maximum absolute atomic E-state index is 12.6. The van der Waals surface area contributed by atoms with Crippen molar-refractivity contribution in [3.8, 4) is 5.75 Å². The Kier molecular flexibility index (Phi) is 8.13. The molecule has 0 radical (unpaired) electrons. The van der Waals surface area contributed by atoms with Gasteiger partial charge in [0.15, 0.2) is 0 Å². The van der Waals surface area contributed by atoms with Crippen LogP contribution in [-0.4, -0.2) is 55.4 Å². The molecule has 0 heterocycles. The third-order valence-electron chi connectivity index (χ3n) is 4.49. The van der Waals surface area contributed by atoms with E-state index in [4.69, 9.17) is 16.3 Å². The molecule has 148 valence electrons. The van der Waals surface area contributed by atoms with Gasteiger partial charge in [0.05, 0.1) is 25.9 Å². The largest absolute Gasteiger partial charge is 0.495 e. The number of carbonyl (C=O) groups excluding carboxylic acids is 2. The summed E-state index contributed by atoms with van der Waals surface area (Å²) < 4.78 is 5.23. The van der Waals surface area contributed by atoms with Crippen LogP contribution in [-0.2, 0) is 9.59 Å². The quantitative estimate of drug-likeness (QED) is 0.734. The Labute approximate surface area is 166 Å². The second kappa shape index (κ2) is 10.3.